The number of hydrogen-bond acceptors (Lipinski definition) is 2. The highest BCUT2D eigenvalue weighted by atomic mass is 19.1. The zero-order valence-corrected chi connectivity index (χ0v) is 7.53. The van der Waals surface area contributed by atoms with Crippen LogP contribution < -0.4 is 11.1 Å². The molecule has 0 bridgehead atoms. The van der Waals surface area contributed by atoms with E-state index in [0.29, 0.717) is 6.42 Å². The van der Waals surface area contributed by atoms with Gasteiger partial charge in [-0.05, 0) is 17.7 Å². The number of hydrogen-bond donors (Lipinski definition) is 2. The number of nitrogens with one attached hydrogen (secondary N) is 1. The predicted molar refractivity (Wildman–Crippen MR) is 49.9 cm³/mol. The molecule has 1 fully saturated rings. The van der Waals surface area contributed by atoms with Gasteiger partial charge >= 0.3 is 0 Å². The lowest BCUT2D eigenvalue weighted by atomic mass is 10.0. The second-order valence-corrected chi connectivity index (χ2v) is 3.47. The van der Waals surface area contributed by atoms with Gasteiger partial charge in [-0.15, -0.1) is 0 Å². The van der Waals surface area contributed by atoms with Gasteiger partial charge in [0.05, 0.1) is 6.04 Å². The van der Waals surface area contributed by atoms with Crippen molar-refractivity contribution in [1.82, 2.24) is 5.32 Å². The molecule has 3 N–H and O–H groups in total. The number of amides is 1. The minimum atomic E-state index is -0.309. The van der Waals surface area contributed by atoms with Gasteiger partial charge in [0.25, 0.3) is 0 Å². The molecule has 1 aromatic rings. The molecule has 0 aliphatic carbocycles. The first-order chi connectivity index (χ1) is 6.66. The molecule has 0 aromatic heterocycles. The molecule has 0 radical (unpaired) electrons. The van der Waals surface area contributed by atoms with Gasteiger partial charge in [-0.3, -0.25) is 4.79 Å². The van der Waals surface area contributed by atoms with E-state index >= 15 is 0 Å². The number of rotatable bonds is 1. The van der Waals surface area contributed by atoms with Crippen LogP contribution in [0.5, 0.6) is 0 Å². The molecule has 1 saturated heterocycles. The van der Waals surface area contributed by atoms with Crippen LogP contribution in [-0.4, -0.2) is 11.9 Å². The molecule has 74 valence electrons. The maximum atomic E-state index is 12.9. The second-order valence-electron chi connectivity index (χ2n) is 3.47. The van der Waals surface area contributed by atoms with Crippen LogP contribution in [0.15, 0.2) is 24.3 Å². The molecule has 14 heavy (non-hydrogen) atoms. The summed E-state index contributed by atoms with van der Waals surface area (Å²) in [6.45, 7) is 0. The molecule has 4 heteroatoms. The average molecular weight is 194 g/mol. The van der Waals surface area contributed by atoms with Gasteiger partial charge in [0.2, 0.25) is 5.91 Å². The fourth-order valence-electron chi connectivity index (χ4n) is 1.70. The molecule has 1 heterocycles. The van der Waals surface area contributed by atoms with Gasteiger partial charge in [-0.1, -0.05) is 12.1 Å². The van der Waals surface area contributed by atoms with Crippen LogP contribution in [0.4, 0.5) is 4.39 Å². The van der Waals surface area contributed by atoms with Crippen LogP contribution in [0.3, 0.4) is 0 Å². The van der Waals surface area contributed by atoms with Gasteiger partial charge in [0.15, 0.2) is 0 Å². The first kappa shape index (κ1) is 9.15. The molecule has 1 aliphatic rings. The van der Waals surface area contributed by atoms with Crippen molar-refractivity contribution in [2.24, 2.45) is 5.73 Å². The van der Waals surface area contributed by atoms with E-state index < -0.39 is 0 Å². The van der Waals surface area contributed by atoms with Crippen molar-refractivity contribution >= 4 is 5.91 Å². The smallest absolute Gasteiger partial charge is 0.222 e. The van der Waals surface area contributed by atoms with E-state index in [4.69, 9.17) is 5.73 Å². The van der Waals surface area contributed by atoms with Gasteiger partial charge in [0, 0.05) is 12.5 Å². The van der Waals surface area contributed by atoms with Crippen molar-refractivity contribution in [1.29, 1.82) is 0 Å². The normalized spacial score (nSPS) is 26.3. The van der Waals surface area contributed by atoms with E-state index in [0.717, 1.165) is 5.56 Å². The van der Waals surface area contributed by atoms with Gasteiger partial charge < -0.3 is 11.1 Å². The number of carbonyl (C=O) groups is 1. The summed E-state index contributed by atoms with van der Waals surface area (Å²) in [6, 6.07) is 5.63. The Balaban J connectivity index is 2.27. The minimum Gasteiger partial charge on any atom is -0.348 e. The van der Waals surface area contributed by atoms with Crippen LogP contribution in [0.1, 0.15) is 18.0 Å². The Kier molecular flexibility index (Phi) is 2.21. The maximum absolute atomic E-state index is 12.9. The summed E-state index contributed by atoms with van der Waals surface area (Å²) in [5.74, 6) is -0.386. The molecule has 2 rings (SSSR count). The van der Waals surface area contributed by atoms with E-state index in [-0.39, 0.29) is 23.8 Å². The number of carbonyl (C=O) groups excluding carboxylic acids is 1. The average Bonchev–Trinajstić information content (AvgIpc) is 2.45. The SMILES string of the molecule is N[C@@H]1CC(=O)N[C@H]1c1cccc(F)c1. The van der Waals surface area contributed by atoms with E-state index in [1.54, 1.807) is 12.1 Å². The summed E-state index contributed by atoms with van der Waals surface area (Å²) in [4.78, 5) is 11.0. The highest BCUT2D eigenvalue weighted by Gasteiger charge is 2.30. The summed E-state index contributed by atoms with van der Waals surface area (Å²) in [6.07, 6.45) is 0.307. The zero-order chi connectivity index (χ0) is 10.1. The van der Waals surface area contributed by atoms with Gasteiger partial charge in [-0.25, -0.2) is 4.39 Å². The highest BCUT2D eigenvalue weighted by molar-refractivity contribution is 5.80. The third kappa shape index (κ3) is 1.61. The van der Waals surface area contributed by atoms with Crippen LogP contribution in [-0.2, 0) is 4.79 Å². The van der Waals surface area contributed by atoms with Crippen molar-refractivity contribution in [3.05, 3.63) is 35.6 Å². The summed E-state index contributed by atoms with van der Waals surface area (Å²) in [7, 11) is 0. The van der Waals surface area contributed by atoms with E-state index in [2.05, 4.69) is 5.32 Å². The molecule has 2 atom stereocenters. The Hall–Kier alpha value is -1.42. The largest absolute Gasteiger partial charge is 0.348 e. The van der Waals surface area contributed by atoms with Gasteiger partial charge in [-0.2, -0.15) is 0 Å². The standard InChI is InChI=1S/C10H11FN2O/c11-7-3-1-2-6(4-7)10-8(12)5-9(14)13-10/h1-4,8,10H,5,12H2,(H,13,14)/t8-,10+/m1/s1. The highest BCUT2D eigenvalue weighted by Crippen LogP contribution is 2.23. The van der Waals surface area contributed by atoms with Crippen LogP contribution in [0.25, 0.3) is 0 Å². The van der Waals surface area contributed by atoms with E-state index in [1.807, 2.05) is 0 Å². The van der Waals surface area contributed by atoms with Crippen molar-refractivity contribution in [2.45, 2.75) is 18.5 Å². The van der Waals surface area contributed by atoms with Crippen molar-refractivity contribution in [3.63, 3.8) is 0 Å². The predicted octanol–water partition coefficient (Wildman–Crippen LogP) is 0.714. The van der Waals surface area contributed by atoms with Crippen molar-refractivity contribution < 1.29 is 9.18 Å². The molecule has 1 amide bonds. The second kappa shape index (κ2) is 3.38. The molecule has 3 nitrogen and oxygen atoms in total. The van der Waals surface area contributed by atoms with Crippen molar-refractivity contribution in [3.8, 4) is 0 Å². The lowest BCUT2D eigenvalue weighted by molar-refractivity contribution is -0.119. The molecule has 0 saturated carbocycles. The molecule has 0 spiro atoms. The fraction of sp³-hybridized carbons (Fsp3) is 0.300. The van der Waals surface area contributed by atoms with Crippen LogP contribution in [0, 0.1) is 5.82 Å². The molecular formula is C10H11FN2O. The summed E-state index contributed by atoms with van der Waals surface area (Å²) in [5, 5.41) is 2.72. The Morgan fingerprint density at radius 3 is 2.86 bits per heavy atom. The Labute approximate surface area is 81.1 Å². The number of nitrogens with two attached hydrogens (primary N) is 1. The Bertz CT molecular complexity index is 367. The fourth-order valence-corrected chi connectivity index (χ4v) is 1.70. The Morgan fingerprint density at radius 2 is 2.29 bits per heavy atom. The van der Waals surface area contributed by atoms with Gasteiger partial charge in [0.1, 0.15) is 5.82 Å². The number of benzene rings is 1. The lowest BCUT2D eigenvalue weighted by Gasteiger charge is -2.14. The number of halogens is 1. The van der Waals surface area contributed by atoms with Crippen LogP contribution in [0.2, 0.25) is 0 Å². The van der Waals surface area contributed by atoms with E-state index in [9.17, 15) is 9.18 Å². The quantitative estimate of drug-likeness (QED) is 0.692. The molecule has 1 aromatic carbocycles. The van der Waals surface area contributed by atoms with E-state index in [1.165, 1.54) is 12.1 Å². The topological polar surface area (TPSA) is 55.1 Å². The first-order valence-corrected chi connectivity index (χ1v) is 4.47. The summed E-state index contributed by atoms with van der Waals surface area (Å²) >= 11 is 0. The summed E-state index contributed by atoms with van der Waals surface area (Å²) < 4.78 is 12.9. The maximum Gasteiger partial charge on any atom is 0.222 e. The van der Waals surface area contributed by atoms with Crippen LogP contribution >= 0.6 is 0 Å². The zero-order valence-electron chi connectivity index (χ0n) is 7.53. The first-order valence-electron chi connectivity index (χ1n) is 4.47. The molecular weight excluding hydrogens is 183 g/mol. The molecule has 0 unspecified atom stereocenters. The van der Waals surface area contributed by atoms with Crippen molar-refractivity contribution in [2.75, 3.05) is 0 Å². The third-order valence-corrected chi connectivity index (χ3v) is 2.37. The Morgan fingerprint density at radius 1 is 1.50 bits per heavy atom. The monoisotopic (exact) mass is 194 g/mol. The third-order valence-electron chi connectivity index (χ3n) is 2.37. The molecule has 1 aliphatic heterocycles. The minimum absolute atomic E-state index is 0.0771. The summed E-state index contributed by atoms with van der Waals surface area (Å²) in [5.41, 5.74) is 6.47. The lowest BCUT2D eigenvalue weighted by Crippen LogP contribution is -2.28.